The zero-order valence-electron chi connectivity index (χ0n) is 10.6. The van der Waals surface area contributed by atoms with Gasteiger partial charge in [-0.05, 0) is 12.5 Å². The normalized spacial score (nSPS) is 11.1. The molecule has 0 saturated heterocycles. The minimum atomic E-state index is -0.521. The molecule has 0 unspecified atom stereocenters. The summed E-state index contributed by atoms with van der Waals surface area (Å²) in [5.41, 5.74) is 1.15. The Kier molecular flexibility index (Phi) is 6.50. The second-order valence-electron chi connectivity index (χ2n) is 3.42. The molecule has 1 aromatic rings. The third kappa shape index (κ3) is 4.97. The van der Waals surface area contributed by atoms with Crippen molar-refractivity contribution < 1.29 is 19.1 Å². The number of oxime groups is 1. The Hall–Kier alpha value is -1.88. The lowest BCUT2D eigenvalue weighted by molar-refractivity contribution is -0.135. The largest absolute Gasteiger partial charge is 0.461 e. The molecule has 5 nitrogen and oxygen atoms in total. The van der Waals surface area contributed by atoms with Crippen molar-refractivity contribution in [1.29, 1.82) is 0 Å². The van der Waals surface area contributed by atoms with E-state index in [1.807, 2.05) is 30.3 Å². The number of hydrogen-bond donors (Lipinski definition) is 0. The van der Waals surface area contributed by atoms with Crippen molar-refractivity contribution >= 4 is 11.7 Å². The Morgan fingerprint density at radius 2 is 2.00 bits per heavy atom. The maximum Gasteiger partial charge on any atom is 0.358 e. The number of benzene rings is 1. The third-order valence-electron chi connectivity index (χ3n) is 2.06. The average Bonchev–Trinajstić information content (AvgIpc) is 2.39. The molecular formula is C13H17NO4. The molecule has 0 aliphatic carbocycles. The van der Waals surface area contributed by atoms with Crippen molar-refractivity contribution in [3.8, 4) is 0 Å². The summed E-state index contributed by atoms with van der Waals surface area (Å²) in [7, 11) is 1.37. The molecule has 0 aromatic heterocycles. The molecule has 98 valence electrons. The molecule has 0 aliphatic rings. The van der Waals surface area contributed by atoms with Crippen LogP contribution >= 0.6 is 0 Å². The highest BCUT2D eigenvalue weighted by atomic mass is 16.6. The van der Waals surface area contributed by atoms with E-state index in [1.165, 1.54) is 7.11 Å². The van der Waals surface area contributed by atoms with Gasteiger partial charge in [0.15, 0.2) is 5.71 Å². The van der Waals surface area contributed by atoms with Gasteiger partial charge in [0.2, 0.25) is 0 Å². The van der Waals surface area contributed by atoms with Gasteiger partial charge in [-0.1, -0.05) is 35.5 Å². The van der Waals surface area contributed by atoms with E-state index in [-0.39, 0.29) is 12.3 Å². The van der Waals surface area contributed by atoms with E-state index in [1.54, 1.807) is 6.92 Å². The van der Waals surface area contributed by atoms with Crippen molar-refractivity contribution in [2.75, 3.05) is 20.3 Å². The molecule has 1 rings (SSSR count). The van der Waals surface area contributed by atoms with Crippen LogP contribution in [0.1, 0.15) is 12.5 Å². The maximum absolute atomic E-state index is 11.5. The predicted octanol–water partition coefficient (Wildman–Crippen LogP) is 1.77. The molecule has 0 spiro atoms. The fourth-order valence-corrected chi connectivity index (χ4v) is 1.29. The van der Waals surface area contributed by atoms with Gasteiger partial charge in [-0.3, -0.25) is 0 Å². The van der Waals surface area contributed by atoms with E-state index in [0.717, 1.165) is 5.56 Å². The highest BCUT2D eigenvalue weighted by Crippen LogP contribution is 2.01. The van der Waals surface area contributed by atoms with Gasteiger partial charge in [-0.25, -0.2) is 4.79 Å². The summed E-state index contributed by atoms with van der Waals surface area (Å²) in [5.74, 6) is -0.521. The molecular weight excluding hydrogens is 234 g/mol. The summed E-state index contributed by atoms with van der Waals surface area (Å²) in [4.78, 5) is 16.0. The Bertz CT molecular complexity index is 389. The van der Waals surface area contributed by atoms with Crippen LogP contribution in [-0.2, 0) is 25.7 Å². The lowest BCUT2D eigenvalue weighted by Gasteiger charge is -2.06. The van der Waals surface area contributed by atoms with E-state index in [2.05, 4.69) is 9.99 Å². The van der Waals surface area contributed by atoms with Crippen LogP contribution in [0, 0.1) is 0 Å². The van der Waals surface area contributed by atoms with Crippen LogP contribution in [0.4, 0.5) is 0 Å². The van der Waals surface area contributed by atoms with Crippen molar-refractivity contribution in [1.82, 2.24) is 0 Å². The van der Waals surface area contributed by atoms with E-state index >= 15 is 0 Å². The van der Waals surface area contributed by atoms with E-state index < -0.39 is 5.97 Å². The van der Waals surface area contributed by atoms with E-state index in [9.17, 15) is 4.79 Å². The van der Waals surface area contributed by atoms with E-state index in [4.69, 9.17) is 9.47 Å². The van der Waals surface area contributed by atoms with Gasteiger partial charge in [0.1, 0.15) is 13.7 Å². The second-order valence-corrected chi connectivity index (χ2v) is 3.42. The van der Waals surface area contributed by atoms with E-state index in [0.29, 0.717) is 13.2 Å². The molecule has 1 aromatic carbocycles. The minimum Gasteiger partial charge on any atom is -0.461 e. The van der Waals surface area contributed by atoms with Crippen LogP contribution in [0.3, 0.4) is 0 Å². The van der Waals surface area contributed by atoms with Crippen LogP contribution < -0.4 is 0 Å². The monoisotopic (exact) mass is 251 g/mol. The smallest absolute Gasteiger partial charge is 0.358 e. The molecule has 0 fully saturated rings. The van der Waals surface area contributed by atoms with Crippen molar-refractivity contribution in [3.05, 3.63) is 35.9 Å². The molecule has 0 atom stereocenters. The lowest BCUT2D eigenvalue weighted by Crippen LogP contribution is -2.23. The quantitative estimate of drug-likeness (QED) is 0.421. The zero-order chi connectivity index (χ0) is 13.2. The molecule has 0 bridgehead atoms. The number of esters is 1. The third-order valence-corrected chi connectivity index (χ3v) is 2.06. The summed E-state index contributed by atoms with van der Waals surface area (Å²) in [6.07, 6.45) is 0. The van der Waals surface area contributed by atoms with Crippen molar-refractivity contribution in [2.45, 2.75) is 13.5 Å². The fourth-order valence-electron chi connectivity index (χ4n) is 1.29. The SMILES string of the molecule is CCOC(=O)/C(COCc1ccccc1)=N/OC. The number of carbonyl (C=O) groups excluding carboxylic acids is 1. The Balaban J connectivity index is 2.43. The Morgan fingerprint density at radius 3 is 2.61 bits per heavy atom. The molecule has 0 radical (unpaired) electrons. The van der Waals surface area contributed by atoms with Gasteiger partial charge in [0.25, 0.3) is 0 Å². The Morgan fingerprint density at radius 1 is 1.28 bits per heavy atom. The molecule has 0 aliphatic heterocycles. The topological polar surface area (TPSA) is 57.1 Å². The number of nitrogens with zero attached hydrogens (tertiary/aromatic N) is 1. The maximum atomic E-state index is 11.5. The number of rotatable bonds is 7. The van der Waals surface area contributed by atoms with Crippen LogP contribution in [-0.4, -0.2) is 32.0 Å². The van der Waals surface area contributed by atoms with Crippen molar-refractivity contribution in [2.24, 2.45) is 5.16 Å². The summed E-state index contributed by atoms with van der Waals surface area (Å²) < 4.78 is 10.2. The first-order valence-electron chi connectivity index (χ1n) is 5.66. The highest BCUT2D eigenvalue weighted by Gasteiger charge is 2.13. The summed E-state index contributed by atoms with van der Waals surface area (Å²) >= 11 is 0. The van der Waals surface area contributed by atoms with Gasteiger partial charge >= 0.3 is 5.97 Å². The number of ether oxygens (including phenoxy) is 2. The number of carbonyl (C=O) groups is 1. The van der Waals surface area contributed by atoms with Gasteiger partial charge in [0.05, 0.1) is 13.2 Å². The summed E-state index contributed by atoms with van der Waals surface area (Å²) in [6.45, 7) is 2.48. The van der Waals surface area contributed by atoms with Gasteiger partial charge in [-0.15, -0.1) is 0 Å². The average molecular weight is 251 g/mol. The van der Waals surface area contributed by atoms with Gasteiger partial charge in [-0.2, -0.15) is 0 Å². The summed E-state index contributed by atoms with van der Waals surface area (Å²) in [5, 5.41) is 3.59. The molecule has 18 heavy (non-hydrogen) atoms. The standard InChI is InChI=1S/C13H17NO4/c1-3-18-13(15)12(14-16-2)10-17-9-11-7-5-4-6-8-11/h4-8H,3,9-10H2,1-2H3/b14-12+. The molecule has 0 heterocycles. The van der Waals surface area contributed by atoms with Crippen LogP contribution in [0.15, 0.2) is 35.5 Å². The zero-order valence-corrected chi connectivity index (χ0v) is 10.6. The second kappa shape index (κ2) is 8.25. The van der Waals surface area contributed by atoms with Gasteiger partial charge < -0.3 is 14.3 Å². The molecule has 0 N–H and O–H groups in total. The molecule has 0 amide bonds. The Labute approximate surface area is 106 Å². The number of hydrogen-bond acceptors (Lipinski definition) is 5. The minimum absolute atomic E-state index is 0.0571. The molecule has 0 saturated carbocycles. The highest BCUT2D eigenvalue weighted by molar-refractivity contribution is 6.36. The first-order valence-corrected chi connectivity index (χ1v) is 5.66. The lowest BCUT2D eigenvalue weighted by atomic mass is 10.2. The molecule has 5 heteroatoms. The van der Waals surface area contributed by atoms with Crippen molar-refractivity contribution in [3.63, 3.8) is 0 Å². The predicted molar refractivity (Wildman–Crippen MR) is 67.2 cm³/mol. The fraction of sp³-hybridized carbons (Fsp3) is 0.385. The summed E-state index contributed by atoms with van der Waals surface area (Å²) in [6, 6.07) is 9.66. The van der Waals surface area contributed by atoms with Crippen LogP contribution in [0.25, 0.3) is 0 Å². The first kappa shape index (κ1) is 14.2. The van der Waals surface area contributed by atoms with Crippen LogP contribution in [0.5, 0.6) is 0 Å². The van der Waals surface area contributed by atoms with Gasteiger partial charge in [0, 0.05) is 0 Å². The first-order chi connectivity index (χ1) is 8.77. The van der Waals surface area contributed by atoms with Crippen LogP contribution in [0.2, 0.25) is 0 Å².